The third-order valence-electron chi connectivity index (χ3n) is 4.61. The van der Waals surface area contributed by atoms with Crippen molar-refractivity contribution < 1.29 is 14.3 Å². The topological polar surface area (TPSA) is 64.8 Å². The lowest BCUT2D eigenvalue weighted by Crippen LogP contribution is -2.38. The van der Waals surface area contributed by atoms with Gasteiger partial charge in [0.05, 0.1) is 7.11 Å². The quantitative estimate of drug-likeness (QED) is 0.877. The zero-order valence-electron chi connectivity index (χ0n) is 14.5. The van der Waals surface area contributed by atoms with Crippen LogP contribution in [0, 0.1) is 5.92 Å². The first-order valence-corrected chi connectivity index (χ1v) is 8.56. The summed E-state index contributed by atoms with van der Waals surface area (Å²) in [6.07, 6.45) is 1.71. The molecule has 1 saturated heterocycles. The first kappa shape index (κ1) is 17.3. The maximum Gasteiger partial charge on any atom is 0.220 e. The van der Waals surface area contributed by atoms with Gasteiger partial charge in [-0.3, -0.25) is 9.69 Å². The number of ether oxygens (including phenoxy) is 2. The van der Waals surface area contributed by atoms with E-state index < -0.39 is 0 Å². The van der Waals surface area contributed by atoms with Crippen molar-refractivity contribution in [3.05, 3.63) is 54.1 Å². The molecule has 132 valence electrons. The van der Waals surface area contributed by atoms with E-state index in [0.717, 1.165) is 49.7 Å². The molecule has 0 atom stereocenters. The Hall–Kier alpha value is -2.53. The van der Waals surface area contributed by atoms with Crippen molar-refractivity contribution in [2.24, 2.45) is 11.7 Å². The van der Waals surface area contributed by atoms with Gasteiger partial charge in [0.1, 0.15) is 17.2 Å². The van der Waals surface area contributed by atoms with E-state index in [1.807, 2.05) is 36.4 Å². The van der Waals surface area contributed by atoms with Gasteiger partial charge in [-0.1, -0.05) is 12.1 Å². The Morgan fingerprint density at radius 1 is 1.00 bits per heavy atom. The second-order valence-electron chi connectivity index (χ2n) is 6.37. The number of rotatable bonds is 6. The minimum Gasteiger partial charge on any atom is -0.497 e. The number of benzene rings is 2. The van der Waals surface area contributed by atoms with Crippen molar-refractivity contribution in [3.8, 4) is 17.2 Å². The average Bonchev–Trinajstić information content (AvgIpc) is 2.64. The molecule has 2 N–H and O–H groups in total. The molecule has 2 aromatic carbocycles. The van der Waals surface area contributed by atoms with Gasteiger partial charge in [0, 0.05) is 12.5 Å². The van der Waals surface area contributed by atoms with Crippen LogP contribution in [0.5, 0.6) is 17.2 Å². The van der Waals surface area contributed by atoms with Crippen molar-refractivity contribution >= 4 is 5.91 Å². The summed E-state index contributed by atoms with van der Waals surface area (Å²) in [6.45, 7) is 2.71. The van der Waals surface area contributed by atoms with Crippen LogP contribution in [0.15, 0.2) is 48.5 Å². The Morgan fingerprint density at radius 2 is 1.52 bits per heavy atom. The molecule has 0 saturated carbocycles. The SMILES string of the molecule is COc1ccc(Oc2ccc(CN3CCC(C(N)=O)CC3)cc2)cc1. The summed E-state index contributed by atoms with van der Waals surface area (Å²) in [6, 6.07) is 15.6. The second-order valence-corrected chi connectivity index (χ2v) is 6.37. The lowest BCUT2D eigenvalue weighted by atomic mass is 9.96. The molecule has 1 aliphatic rings. The van der Waals surface area contributed by atoms with E-state index in [-0.39, 0.29) is 11.8 Å². The number of likely N-dealkylation sites (tertiary alicyclic amines) is 1. The van der Waals surface area contributed by atoms with Crippen molar-refractivity contribution in [2.45, 2.75) is 19.4 Å². The number of carbonyl (C=O) groups is 1. The number of methoxy groups -OCH3 is 1. The first-order valence-electron chi connectivity index (χ1n) is 8.56. The molecule has 1 aliphatic heterocycles. The summed E-state index contributed by atoms with van der Waals surface area (Å²) >= 11 is 0. The van der Waals surface area contributed by atoms with Crippen LogP contribution in [0.1, 0.15) is 18.4 Å². The van der Waals surface area contributed by atoms with E-state index in [9.17, 15) is 4.79 Å². The van der Waals surface area contributed by atoms with E-state index in [1.54, 1.807) is 7.11 Å². The van der Waals surface area contributed by atoms with Gasteiger partial charge in [-0.2, -0.15) is 0 Å². The molecule has 2 aromatic rings. The fourth-order valence-electron chi connectivity index (χ4n) is 3.08. The summed E-state index contributed by atoms with van der Waals surface area (Å²) in [4.78, 5) is 13.6. The number of primary amides is 1. The van der Waals surface area contributed by atoms with Gasteiger partial charge < -0.3 is 15.2 Å². The smallest absolute Gasteiger partial charge is 0.220 e. The van der Waals surface area contributed by atoms with Crippen molar-refractivity contribution in [1.29, 1.82) is 0 Å². The third-order valence-corrected chi connectivity index (χ3v) is 4.61. The highest BCUT2D eigenvalue weighted by atomic mass is 16.5. The van der Waals surface area contributed by atoms with Crippen molar-refractivity contribution in [2.75, 3.05) is 20.2 Å². The van der Waals surface area contributed by atoms with Crippen LogP contribution in [0.25, 0.3) is 0 Å². The molecule has 3 rings (SSSR count). The van der Waals surface area contributed by atoms with Gasteiger partial charge in [-0.15, -0.1) is 0 Å². The number of hydrogen-bond acceptors (Lipinski definition) is 4. The van der Waals surface area contributed by atoms with E-state index >= 15 is 0 Å². The Labute approximate surface area is 148 Å². The molecule has 25 heavy (non-hydrogen) atoms. The second kappa shape index (κ2) is 8.03. The Balaban J connectivity index is 1.52. The van der Waals surface area contributed by atoms with Gasteiger partial charge in [0.2, 0.25) is 5.91 Å². The van der Waals surface area contributed by atoms with Gasteiger partial charge in [-0.05, 0) is 67.9 Å². The number of nitrogens with two attached hydrogens (primary N) is 1. The molecule has 0 unspecified atom stereocenters. The molecule has 1 amide bonds. The largest absolute Gasteiger partial charge is 0.497 e. The molecule has 5 nitrogen and oxygen atoms in total. The summed E-state index contributed by atoms with van der Waals surface area (Å²) in [5.74, 6) is 2.27. The summed E-state index contributed by atoms with van der Waals surface area (Å²) in [5.41, 5.74) is 6.62. The standard InChI is InChI=1S/C20H24N2O3/c1-24-17-6-8-19(9-7-17)25-18-4-2-15(3-5-18)14-22-12-10-16(11-13-22)20(21)23/h2-9,16H,10-14H2,1H3,(H2,21,23). The maximum atomic E-state index is 11.2. The zero-order valence-corrected chi connectivity index (χ0v) is 14.5. The highest BCUT2D eigenvalue weighted by molar-refractivity contribution is 5.76. The first-order chi connectivity index (χ1) is 12.1. The Kier molecular flexibility index (Phi) is 5.56. The lowest BCUT2D eigenvalue weighted by Gasteiger charge is -2.30. The Bertz CT molecular complexity index is 690. The predicted molar refractivity (Wildman–Crippen MR) is 96.7 cm³/mol. The summed E-state index contributed by atoms with van der Waals surface area (Å²) < 4.78 is 11.0. The van der Waals surface area contributed by atoms with E-state index in [1.165, 1.54) is 5.56 Å². The number of hydrogen-bond donors (Lipinski definition) is 1. The van der Waals surface area contributed by atoms with Crippen LogP contribution in [-0.2, 0) is 11.3 Å². The molecule has 1 fully saturated rings. The van der Waals surface area contributed by atoms with E-state index in [0.29, 0.717) is 0 Å². The monoisotopic (exact) mass is 340 g/mol. The van der Waals surface area contributed by atoms with E-state index in [4.69, 9.17) is 15.2 Å². The molecule has 1 heterocycles. The zero-order chi connectivity index (χ0) is 17.6. The molecular formula is C20H24N2O3. The van der Waals surface area contributed by atoms with Crippen LogP contribution < -0.4 is 15.2 Å². The lowest BCUT2D eigenvalue weighted by molar-refractivity contribution is -0.123. The van der Waals surface area contributed by atoms with Crippen molar-refractivity contribution in [1.82, 2.24) is 4.90 Å². The molecule has 0 aromatic heterocycles. The average molecular weight is 340 g/mol. The van der Waals surface area contributed by atoms with Crippen LogP contribution in [0.3, 0.4) is 0 Å². The third kappa shape index (κ3) is 4.73. The fraction of sp³-hybridized carbons (Fsp3) is 0.350. The van der Waals surface area contributed by atoms with Gasteiger partial charge in [-0.25, -0.2) is 0 Å². The number of piperidine rings is 1. The van der Waals surface area contributed by atoms with Gasteiger partial charge in [0.25, 0.3) is 0 Å². The van der Waals surface area contributed by atoms with Crippen molar-refractivity contribution in [3.63, 3.8) is 0 Å². The number of carbonyl (C=O) groups excluding carboxylic acids is 1. The highest BCUT2D eigenvalue weighted by Crippen LogP contribution is 2.25. The summed E-state index contributed by atoms with van der Waals surface area (Å²) in [7, 11) is 1.64. The molecule has 0 spiro atoms. The van der Waals surface area contributed by atoms with Crippen LogP contribution in [0.4, 0.5) is 0 Å². The normalized spacial score (nSPS) is 15.7. The molecule has 0 bridgehead atoms. The van der Waals surface area contributed by atoms with Crippen LogP contribution in [0.2, 0.25) is 0 Å². The van der Waals surface area contributed by atoms with Crippen LogP contribution >= 0.6 is 0 Å². The van der Waals surface area contributed by atoms with Gasteiger partial charge in [0.15, 0.2) is 0 Å². The van der Waals surface area contributed by atoms with E-state index in [2.05, 4.69) is 17.0 Å². The molecule has 0 aliphatic carbocycles. The minimum atomic E-state index is -0.167. The number of nitrogens with zero attached hydrogens (tertiary/aromatic N) is 1. The maximum absolute atomic E-state index is 11.2. The fourth-order valence-corrected chi connectivity index (χ4v) is 3.08. The van der Waals surface area contributed by atoms with Gasteiger partial charge >= 0.3 is 0 Å². The molecule has 5 heteroatoms. The van der Waals surface area contributed by atoms with Crippen LogP contribution in [-0.4, -0.2) is 31.0 Å². The highest BCUT2D eigenvalue weighted by Gasteiger charge is 2.22. The molecular weight excluding hydrogens is 316 g/mol. The summed E-state index contributed by atoms with van der Waals surface area (Å²) in [5, 5.41) is 0. The number of amides is 1. The minimum absolute atomic E-state index is 0.0384. The predicted octanol–water partition coefficient (Wildman–Crippen LogP) is 3.18. The Morgan fingerprint density at radius 3 is 2.04 bits per heavy atom. The molecule has 0 radical (unpaired) electrons.